The van der Waals surface area contributed by atoms with Crippen LogP contribution in [0.15, 0.2) is 24.3 Å². The van der Waals surface area contributed by atoms with Gasteiger partial charge in [-0.05, 0) is 55.2 Å². The summed E-state index contributed by atoms with van der Waals surface area (Å²) in [5, 5.41) is 50.3. The number of ketones is 1. The smallest absolute Gasteiger partial charge is 0.303 e. The normalized spacial score (nSPS) is 18.1. The zero-order valence-corrected chi connectivity index (χ0v) is 34.7. The molecule has 6 amide bonds. The molecule has 1 aliphatic heterocycles. The van der Waals surface area contributed by atoms with Crippen LogP contribution in [-0.4, -0.2) is 129 Å². The van der Waals surface area contributed by atoms with Gasteiger partial charge < -0.3 is 64.0 Å². The third-order valence-electron chi connectivity index (χ3n) is 9.89. The number of carboxylic acid groups (broad SMARTS) is 1. The second-order valence-electron chi connectivity index (χ2n) is 15.9. The number of guanidine groups is 1. The Morgan fingerprint density at radius 1 is 0.867 bits per heavy atom. The number of aliphatic hydroxyl groups is 1. The first-order valence-corrected chi connectivity index (χ1v) is 19.9. The van der Waals surface area contributed by atoms with Gasteiger partial charge in [0, 0.05) is 31.7 Å². The molecule has 0 aliphatic carbocycles. The molecule has 1 fully saturated rings. The lowest BCUT2D eigenvalue weighted by molar-refractivity contribution is -0.142. The molecule has 1 aromatic rings. The van der Waals surface area contributed by atoms with Crippen LogP contribution in [-0.2, 0) is 44.8 Å². The molecule has 2 rings (SSSR count). The number of aliphatic hydroxyl groups excluding tert-OH is 1. The average Bonchev–Trinajstić information content (AvgIpc) is 3.42. The third-order valence-corrected chi connectivity index (χ3v) is 9.89. The lowest BCUT2D eigenvalue weighted by Crippen LogP contribution is -2.59. The Balaban J connectivity index is 2.31. The second-order valence-corrected chi connectivity index (χ2v) is 15.9. The zero-order valence-electron chi connectivity index (χ0n) is 34.7. The number of carbonyl (C=O) groups excluding carboxylic acids is 7. The van der Waals surface area contributed by atoms with E-state index < -0.39 is 114 Å². The minimum Gasteiger partial charge on any atom is -0.508 e. The van der Waals surface area contributed by atoms with Crippen LogP contribution < -0.4 is 43.8 Å². The van der Waals surface area contributed by atoms with E-state index in [1.807, 2.05) is 0 Å². The monoisotopic (exact) mass is 846 g/mol. The van der Waals surface area contributed by atoms with Crippen molar-refractivity contribution in [1.29, 1.82) is 5.41 Å². The van der Waals surface area contributed by atoms with Gasteiger partial charge in [0.2, 0.25) is 35.4 Å². The minimum absolute atomic E-state index is 0.0422. The van der Waals surface area contributed by atoms with Crippen molar-refractivity contribution in [2.24, 2.45) is 35.0 Å². The van der Waals surface area contributed by atoms with Crippen LogP contribution in [0.4, 0.5) is 0 Å². The van der Waals surface area contributed by atoms with Crippen molar-refractivity contribution in [3.8, 4) is 5.75 Å². The first kappa shape index (κ1) is 50.3. The highest BCUT2D eigenvalue weighted by Crippen LogP contribution is 2.22. The van der Waals surface area contributed by atoms with Crippen molar-refractivity contribution in [3.05, 3.63) is 29.8 Å². The molecule has 0 aromatic heterocycles. The molecule has 8 atom stereocenters. The number of β-amino-alcohol motifs (C(OH)–C–C–N with tert-alkyl or cyclic N) is 1. The number of aliphatic carboxylic acids is 1. The van der Waals surface area contributed by atoms with Crippen LogP contribution in [0.5, 0.6) is 5.75 Å². The van der Waals surface area contributed by atoms with Gasteiger partial charge in [0.05, 0.1) is 18.6 Å². The lowest BCUT2D eigenvalue weighted by atomic mass is 9.93. The molecule has 0 saturated carbocycles. The molecule has 15 N–H and O–H groups in total. The van der Waals surface area contributed by atoms with E-state index in [4.69, 9.17) is 22.6 Å². The summed E-state index contributed by atoms with van der Waals surface area (Å²) in [5.74, 6) is -8.47. The Morgan fingerprint density at radius 3 is 2.02 bits per heavy atom. The molecule has 21 nitrogen and oxygen atoms in total. The van der Waals surface area contributed by atoms with Crippen LogP contribution in [0.1, 0.15) is 78.7 Å². The van der Waals surface area contributed by atoms with Crippen LogP contribution in [0, 0.1) is 23.2 Å². The number of hydrogen-bond donors (Lipinski definition) is 12. The van der Waals surface area contributed by atoms with E-state index >= 15 is 0 Å². The van der Waals surface area contributed by atoms with Crippen molar-refractivity contribution >= 4 is 53.2 Å². The van der Waals surface area contributed by atoms with E-state index in [0.29, 0.717) is 12.0 Å². The van der Waals surface area contributed by atoms with Gasteiger partial charge in [-0.3, -0.25) is 43.8 Å². The fraction of sp³-hybridized carbons (Fsp3) is 0.615. The predicted molar refractivity (Wildman–Crippen MR) is 217 cm³/mol. The molecule has 1 aliphatic rings. The Labute approximate surface area is 348 Å². The number of hydrogen-bond acceptors (Lipinski definition) is 12. The van der Waals surface area contributed by atoms with Crippen molar-refractivity contribution in [1.82, 2.24) is 31.5 Å². The van der Waals surface area contributed by atoms with Crippen LogP contribution >= 0.6 is 0 Å². The van der Waals surface area contributed by atoms with E-state index in [1.54, 1.807) is 27.7 Å². The molecular formula is C39H62N10O11. The SMILES string of the molecule is CC(C)C[C@@H](NC(=O)[C@@H](CCC(=O)O)NC(=O)[C@@H](C(C)C)N1CC(O)C(NC(=O)[C@@H](Cc2ccc(O)cc2)NC(=O)[C@H](N)CCCNC(=N)N)C1=O)C(=O)C[C@H](C)C(N)=O. The average molecular weight is 847 g/mol. The number of Topliss-reactive ketones (excluding diaryl/α,β-unsaturated/α-hetero) is 1. The number of carbonyl (C=O) groups is 8. The quantitative estimate of drug-likeness (QED) is 0.0280. The maximum absolute atomic E-state index is 14.0. The zero-order chi connectivity index (χ0) is 45.4. The number of nitrogens with one attached hydrogen (secondary N) is 6. The number of carboxylic acids is 1. The predicted octanol–water partition coefficient (Wildman–Crippen LogP) is -2.32. The molecule has 0 spiro atoms. The van der Waals surface area contributed by atoms with Crippen molar-refractivity contribution in [2.75, 3.05) is 13.1 Å². The number of phenolic OH excluding ortho intramolecular Hbond substituents is 1. The molecule has 1 heterocycles. The summed E-state index contributed by atoms with van der Waals surface area (Å²) in [6, 6.07) is -2.05. The number of nitrogens with zero attached hydrogens (tertiary/aromatic N) is 1. The highest BCUT2D eigenvalue weighted by molar-refractivity contribution is 5.98. The van der Waals surface area contributed by atoms with E-state index in [2.05, 4.69) is 26.6 Å². The molecule has 0 bridgehead atoms. The van der Waals surface area contributed by atoms with E-state index in [0.717, 1.165) is 4.90 Å². The highest BCUT2D eigenvalue weighted by atomic mass is 16.4. The standard InChI is InChI=1S/C39H62N10O11/c1-19(2)15-26(28(51)16-21(5)33(41)55)46-35(57)25(12-13-30(53)54)45-37(59)32(20(3)4)49-18-29(52)31(38(49)60)48-36(58)27(17-22-8-10-23(50)11-9-22)47-34(56)24(40)7-6-14-44-39(42)43/h8-11,19-21,24-27,29,31-32,50,52H,6-7,12-18,40H2,1-5H3,(H2,41,55)(H,45,59)(H,46,57)(H,47,56)(H,48,58)(H,53,54)(H4,42,43,44)/t21-,24+,25+,26+,27+,29?,31?,32+/m0/s1. The van der Waals surface area contributed by atoms with Gasteiger partial charge in [-0.15, -0.1) is 0 Å². The Hall–Kier alpha value is -5.83. The van der Waals surface area contributed by atoms with Gasteiger partial charge in [-0.1, -0.05) is 46.8 Å². The van der Waals surface area contributed by atoms with E-state index in [9.17, 15) is 53.7 Å². The van der Waals surface area contributed by atoms with Crippen molar-refractivity contribution in [3.63, 3.8) is 0 Å². The summed E-state index contributed by atoms with van der Waals surface area (Å²) < 4.78 is 0. The van der Waals surface area contributed by atoms with Gasteiger partial charge >= 0.3 is 5.97 Å². The summed E-state index contributed by atoms with van der Waals surface area (Å²) in [7, 11) is 0. The lowest BCUT2D eigenvalue weighted by Gasteiger charge is -2.32. The molecule has 60 heavy (non-hydrogen) atoms. The van der Waals surface area contributed by atoms with Crippen LogP contribution in [0.25, 0.3) is 0 Å². The summed E-state index contributed by atoms with van der Waals surface area (Å²) in [6.07, 6.45) is -2.14. The molecule has 21 heteroatoms. The maximum Gasteiger partial charge on any atom is 0.303 e. The molecule has 334 valence electrons. The minimum atomic E-state index is -1.58. The molecule has 1 aromatic carbocycles. The second kappa shape index (κ2) is 23.7. The number of aromatic hydroxyl groups is 1. The number of benzene rings is 1. The summed E-state index contributed by atoms with van der Waals surface area (Å²) >= 11 is 0. The van der Waals surface area contributed by atoms with Gasteiger partial charge in [0.1, 0.15) is 36.0 Å². The van der Waals surface area contributed by atoms with Gasteiger partial charge in [-0.2, -0.15) is 0 Å². The van der Waals surface area contributed by atoms with Gasteiger partial charge in [0.15, 0.2) is 11.7 Å². The number of phenols is 1. The molecular weight excluding hydrogens is 784 g/mol. The largest absolute Gasteiger partial charge is 0.508 e. The Morgan fingerprint density at radius 2 is 1.47 bits per heavy atom. The Kier molecular flexibility index (Phi) is 19.9. The number of primary amides is 1. The van der Waals surface area contributed by atoms with E-state index in [1.165, 1.54) is 31.2 Å². The number of rotatable bonds is 25. The van der Waals surface area contributed by atoms with Gasteiger partial charge in [-0.25, -0.2) is 0 Å². The molecule has 1 saturated heterocycles. The number of amides is 6. The number of nitrogens with two attached hydrogens (primary N) is 3. The maximum atomic E-state index is 14.0. The highest BCUT2D eigenvalue weighted by Gasteiger charge is 2.47. The van der Waals surface area contributed by atoms with Crippen LogP contribution in [0.3, 0.4) is 0 Å². The fourth-order valence-corrected chi connectivity index (χ4v) is 6.59. The van der Waals surface area contributed by atoms with E-state index in [-0.39, 0.29) is 56.3 Å². The van der Waals surface area contributed by atoms with Gasteiger partial charge in [0.25, 0.3) is 0 Å². The topological polar surface area (TPSA) is 363 Å². The van der Waals surface area contributed by atoms with Crippen molar-refractivity contribution < 1.29 is 53.7 Å². The van der Waals surface area contributed by atoms with Crippen molar-refractivity contribution in [2.45, 2.75) is 122 Å². The third kappa shape index (κ3) is 16.1. The summed E-state index contributed by atoms with van der Waals surface area (Å²) in [4.78, 5) is 106. The first-order valence-electron chi connectivity index (χ1n) is 19.9. The fourth-order valence-electron chi connectivity index (χ4n) is 6.59. The summed E-state index contributed by atoms with van der Waals surface area (Å²) in [5.41, 5.74) is 17.2. The first-order chi connectivity index (χ1) is 28.0. The number of likely N-dealkylation sites (tertiary alicyclic amines) is 1. The molecule has 2 unspecified atom stereocenters. The molecule has 0 radical (unpaired) electrons. The van der Waals surface area contributed by atoms with Crippen LogP contribution in [0.2, 0.25) is 0 Å². The Bertz CT molecular complexity index is 1710. The summed E-state index contributed by atoms with van der Waals surface area (Å²) in [6.45, 7) is 8.12.